The topological polar surface area (TPSA) is 69.6 Å². The molecule has 1 aromatic carbocycles. The fourth-order valence-electron chi connectivity index (χ4n) is 3.46. The van der Waals surface area contributed by atoms with Crippen LogP contribution in [0.3, 0.4) is 0 Å². The molecule has 5 nitrogen and oxygen atoms in total. The lowest BCUT2D eigenvalue weighted by Crippen LogP contribution is -2.38. The molecule has 2 N–H and O–H groups in total. The van der Waals surface area contributed by atoms with Crippen LogP contribution in [0.2, 0.25) is 0 Å². The van der Waals surface area contributed by atoms with Crippen molar-refractivity contribution in [2.75, 3.05) is 13.1 Å². The summed E-state index contributed by atoms with van der Waals surface area (Å²) in [4.78, 5) is 24.8. The largest absolute Gasteiger partial charge is 0.478 e. The van der Waals surface area contributed by atoms with Gasteiger partial charge in [0.05, 0.1) is 5.56 Å². The number of amides is 2. The van der Waals surface area contributed by atoms with Gasteiger partial charge in [-0.25, -0.2) is 9.59 Å². The first-order valence-corrected chi connectivity index (χ1v) is 7.48. The molecule has 2 amide bonds. The molecule has 1 aromatic rings. The highest BCUT2D eigenvalue weighted by Gasteiger charge is 2.37. The van der Waals surface area contributed by atoms with Crippen LogP contribution in [0.4, 0.5) is 4.79 Å². The molecule has 0 aromatic heterocycles. The van der Waals surface area contributed by atoms with Crippen molar-refractivity contribution < 1.29 is 14.7 Å². The Labute approximate surface area is 123 Å². The lowest BCUT2D eigenvalue weighted by Gasteiger charge is -2.18. The fraction of sp³-hybridized carbons (Fsp3) is 0.500. The van der Waals surface area contributed by atoms with Gasteiger partial charge in [0, 0.05) is 19.6 Å². The molecule has 3 rings (SSSR count). The van der Waals surface area contributed by atoms with E-state index in [1.165, 1.54) is 19.3 Å². The molecule has 1 heterocycles. The summed E-state index contributed by atoms with van der Waals surface area (Å²) in [5.74, 6) is 0.463. The van der Waals surface area contributed by atoms with E-state index in [9.17, 15) is 9.59 Å². The second kappa shape index (κ2) is 5.76. The van der Waals surface area contributed by atoms with Crippen LogP contribution in [0.25, 0.3) is 0 Å². The van der Waals surface area contributed by atoms with Gasteiger partial charge >= 0.3 is 12.0 Å². The Kier molecular flexibility index (Phi) is 3.82. The molecule has 0 bridgehead atoms. The highest BCUT2D eigenvalue weighted by molar-refractivity contribution is 5.87. The van der Waals surface area contributed by atoms with Crippen molar-refractivity contribution in [2.45, 2.75) is 25.8 Å². The zero-order chi connectivity index (χ0) is 14.8. The quantitative estimate of drug-likeness (QED) is 0.897. The Morgan fingerprint density at radius 3 is 2.33 bits per heavy atom. The van der Waals surface area contributed by atoms with E-state index in [1.54, 1.807) is 24.3 Å². The van der Waals surface area contributed by atoms with Crippen LogP contribution in [0.5, 0.6) is 0 Å². The SMILES string of the molecule is O=C(O)c1ccc(CNC(=O)N2CC3CCCC3C2)cc1. The van der Waals surface area contributed by atoms with Crippen molar-refractivity contribution in [1.82, 2.24) is 10.2 Å². The summed E-state index contributed by atoms with van der Waals surface area (Å²) in [7, 11) is 0. The van der Waals surface area contributed by atoms with Gasteiger partial charge in [-0.15, -0.1) is 0 Å². The van der Waals surface area contributed by atoms with Gasteiger partial charge in [-0.2, -0.15) is 0 Å². The predicted molar refractivity (Wildman–Crippen MR) is 78.0 cm³/mol. The number of carbonyl (C=O) groups is 2. The Morgan fingerprint density at radius 2 is 1.76 bits per heavy atom. The van der Waals surface area contributed by atoms with Gasteiger partial charge in [0.25, 0.3) is 0 Å². The van der Waals surface area contributed by atoms with E-state index < -0.39 is 5.97 Å². The van der Waals surface area contributed by atoms with Gasteiger partial charge in [0.15, 0.2) is 0 Å². The van der Waals surface area contributed by atoms with Crippen LogP contribution in [-0.4, -0.2) is 35.1 Å². The van der Waals surface area contributed by atoms with E-state index in [-0.39, 0.29) is 11.6 Å². The molecule has 1 saturated carbocycles. The monoisotopic (exact) mass is 288 g/mol. The second-order valence-electron chi connectivity index (χ2n) is 6.02. The van der Waals surface area contributed by atoms with Crippen molar-refractivity contribution in [3.8, 4) is 0 Å². The zero-order valence-corrected chi connectivity index (χ0v) is 11.9. The Hall–Kier alpha value is -2.04. The number of carboxylic acids is 1. The summed E-state index contributed by atoms with van der Waals surface area (Å²) in [6.07, 6.45) is 3.82. The molecule has 2 aliphatic rings. The third-order valence-corrected chi connectivity index (χ3v) is 4.66. The minimum atomic E-state index is -0.936. The van der Waals surface area contributed by atoms with Gasteiger partial charge in [0.2, 0.25) is 0 Å². The summed E-state index contributed by atoms with van der Waals surface area (Å²) < 4.78 is 0. The number of fused-ring (bicyclic) bond motifs is 1. The van der Waals surface area contributed by atoms with Crippen LogP contribution in [0.15, 0.2) is 24.3 Å². The van der Waals surface area contributed by atoms with Gasteiger partial charge < -0.3 is 15.3 Å². The number of rotatable bonds is 3. The number of nitrogens with one attached hydrogen (secondary N) is 1. The minimum absolute atomic E-state index is 0.00767. The highest BCUT2D eigenvalue weighted by Crippen LogP contribution is 2.37. The molecule has 112 valence electrons. The lowest BCUT2D eigenvalue weighted by molar-refractivity contribution is 0.0697. The minimum Gasteiger partial charge on any atom is -0.478 e. The average molecular weight is 288 g/mol. The van der Waals surface area contributed by atoms with Crippen LogP contribution in [0.1, 0.15) is 35.2 Å². The molecular weight excluding hydrogens is 268 g/mol. The zero-order valence-electron chi connectivity index (χ0n) is 11.9. The number of carboxylic acid groups (broad SMARTS) is 1. The molecule has 1 aliphatic heterocycles. The third-order valence-electron chi connectivity index (χ3n) is 4.66. The molecule has 5 heteroatoms. The standard InChI is InChI=1S/C16H20N2O3/c19-15(20)12-6-4-11(5-7-12)8-17-16(21)18-9-13-2-1-3-14(13)10-18/h4-7,13-14H,1-3,8-10H2,(H,17,21)(H,19,20). The molecule has 0 spiro atoms. The number of aromatic carboxylic acids is 1. The highest BCUT2D eigenvalue weighted by atomic mass is 16.4. The second-order valence-corrected chi connectivity index (χ2v) is 6.02. The first-order valence-electron chi connectivity index (χ1n) is 7.48. The first-order chi connectivity index (χ1) is 10.1. The molecule has 2 fully saturated rings. The van der Waals surface area contributed by atoms with Crippen molar-refractivity contribution in [3.63, 3.8) is 0 Å². The van der Waals surface area contributed by atoms with Crippen LogP contribution in [-0.2, 0) is 6.54 Å². The Bertz CT molecular complexity index is 529. The molecule has 0 radical (unpaired) electrons. The van der Waals surface area contributed by atoms with Crippen LogP contribution >= 0.6 is 0 Å². The molecule has 2 unspecified atom stereocenters. The maximum atomic E-state index is 12.1. The van der Waals surface area contributed by atoms with E-state index in [0.717, 1.165) is 18.7 Å². The summed E-state index contributed by atoms with van der Waals surface area (Å²) in [5.41, 5.74) is 1.17. The predicted octanol–water partition coefficient (Wildman–Crippen LogP) is 2.33. The number of carbonyl (C=O) groups excluding carboxylic acids is 1. The van der Waals surface area contributed by atoms with E-state index in [1.807, 2.05) is 4.90 Å². The van der Waals surface area contributed by atoms with Crippen LogP contribution < -0.4 is 5.32 Å². The maximum absolute atomic E-state index is 12.1. The van der Waals surface area contributed by atoms with Crippen molar-refractivity contribution in [2.24, 2.45) is 11.8 Å². The summed E-state index contributed by atoms with van der Waals surface area (Å²) in [6, 6.07) is 6.59. The van der Waals surface area contributed by atoms with Gasteiger partial charge in [-0.1, -0.05) is 18.6 Å². The van der Waals surface area contributed by atoms with E-state index in [2.05, 4.69) is 5.32 Å². The van der Waals surface area contributed by atoms with Crippen molar-refractivity contribution >= 4 is 12.0 Å². The number of benzene rings is 1. The summed E-state index contributed by atoms with van der Waals surface area (Å²) >= 11 is 0. The number of likely N-dealkylation sites (tertiary alicyclic amines) is 1. The first kappa shape index (κ1) is 13.9. The molecule has 1 aliphatic carbocycles. The Morgan fingerprint density at radius 1 is 1.14 bits per heavy atom. The number of urea groups is 1. The molecule has 1 saturated heterocycles. The van der Waals surface area contributed by atoms with Gasteiger partial charge in [-0.3, -0.25) is 0 Å². The molecular formula is C16H20N2O3. The number of nitrogens with zero attached hydrogens (tertiary/aromatic N) is 1. The van der Waals surface area contributed by atoms with E-state index in [0.29, 0.717) is 18.4 Å². The fourth-order valence-corrected chi connectivity index (χ4v) is 3.46. The van der Waals surface area contributed by atoms with E-state index in [4.69, 9.17) is 5.11 Å². The van der Waals surface area contributed by atoms with Gasteiger partial charge in [-0.05, 0) is 42.4 Å². The van der Waals surface area contributed by atoms with Crippen LogP contribution in [0, 0.1) is 11.8 Å². The normalized spacial score (nSPS) is 23.9. The summed E-state index contributed by atoms with van der Waals surface area (Å²) in [5, 5.41) is 11.8. The van der Waals surface area contributed by atoms with Crippen molar-refractivity contribution in [3.05, 3.63) is 35.4 Å². The number of hydrogen-bond acceptors (Lipinski definition) is 2. The third kappa shape index (κ3) is 3.01. The Balaban J connectivity index is 1.50. The smallest absolute Gasteiger partial charge is 0.335 e. The number of hydrogen-bond donors (Lipinski definition) is 2. The average Bonchev–Trinajstić information content (AvgIpc) is 3.06. The molecule has 2 atom stereocenters. The summed E-state index contributed by atoms with van der Waals surface area (Å²) in [6.45, 7) is 2.20. The lowest BCUT2D eigenvalue weighted by atomic mass is 10.0. The van der Waals surface area contributed by atoms with E-state index >= 15 is 0 Å². The molecule has 21 heavy (non-hydrogen) atoms. The van der Waals surface area contributed by atoms with Crippen molar-refractivity contribution in [1.29, 1.82) is 0 Å². The van der Waals surface area contributed by atoms with Gasteiger partial charge in [0.1, 0.15) is 0 Å². The maximum Gasteiger partial charge on any atom is 0.335 e.